The van der Waals surface area contributed by atoms with Crippen LogP contribution in [0.3, 0.4) is 0 Å². The van der Waals surface area contributed by atoms with Crippen molar-refractivity contribution in [3.63, 3.8) is 0 Å². The van der Waals surface area contributed by atoms with Crippen LogP contribution in [0.15, 0.2) is 4.52 Å². The molecule has 5 heteroatoms. The highest BCUT2D eigenvalue weighted by atomic mass is 16.5. The van der Waals surface area contributed by atoms with Crippen molar-refractivity contribution in [2.45, 2.75) is 44.2 Å². The third kappa shape index (κ3) is 2.10. The van der Waals surface area contributed by atoms with Crippen LogP contribution in [0, 0.1) is 5.92 Å². The molecule has 0 amide bonds. The zero-order valence-electron chi connectivity index (χ0n) is 9.26. The summed E-state index contributed by atoms with van der Waals surface area (Å²) in [5, 5.41) is 3.96. The first-order valence-electron chi connectivity index (χ1n) is 6.02. The van der Waals surface area contributed by atoms with Crippen LogP contribution >= 0.6 is 0 Å². The lowest BCUT2D eigenvalue weighted by Gasteiger charge is -2.04. The van der Waals surface area contributed by atoms with Crippen molar-refractivity contribution < 1.29 is 9.26 Å². The summed E-state index contributed by atoms with van der Waals surface area (Å²) >= 11 is 0. The Morgan fingerprint density at radius 1 is 1.38 bits per heavy atom. The van der Waals surface area contributed by atoms with E-state index in [-0.39, 0.29) is 12.1 Å². The molecule has 88 valence electrons. The highest BCUT2D eigenvalue weighted by molar-refractivity contribution is 4.99. The smallest absolute Gasteiger partial charge is 0.243 e. The summed E-state index contributed by atoms with van der Waals surface area (Å²) in [4.78, 5) is 4.35. The summed E-state index contributed by atoms with van der Waals surface area (Å²) in [5.41, 5.74) is 5.99. The topological polar surface area (TPSA) is 74.2 Å². The molecule has 5 nitrogen and oxygen atoms in total. The van der Waals surface area contributed by atoms with E-state index < -0.39 is 0 Å². The quantitative estimate of drug-likeness (QED) is 0.830. The Balaban J connectivity index is 1.62. The molecule has 2 heterocycles. The molecule has 2 fully saturated rings. The molecular formula is C11H17N3O2. The van der Waals surface area contributed by atoms with Gasteiger partial charge in [0.15, 0.2) is 5.82 Å². The van der Waals surface area contributed by atoms with Gasteiger partial charge in [-0.1, -0.05) is 5.16 Å². The normalized spacial score (nSPS) is 27.2. The molecule has 0 aromatic carbocycles. The van der Waals surface area contributed by atoms with Gasteiger partial charge in [-0.3, -0.25) is 0 Å². The lowest BCUT2D eigenvalue weighted by molar-refractivity contribution is 0.109. The van der Waals surface area contributed by atoms with Gasteiger partial charge in [0.1, 0.15) is 0 Å². The molecule has 1 aliphatic carbocycles. The zero-order chi connectivity index (χ0) is 11.0. The molecular weight excluding hydrogens is 206 g/mol. The molecule has 16 heavy (non-hydrogen) atoms. The molecule has 3 rings (SSSR count). The van der Waals surface area contributed by atoms with Gasteiger partial charge < -0.3 is 15.0 Å². The van der Waals surface area contributed by atoms with Crippen molar-refractivity contribution in [3.8, 4) is 0 Å². The van der Waals surface area contributed by atoms with Crippen LogP contribution in [0.2, 0.25) is 0 Å². The largest absolute Gasteiger partial charge is 0.378 e. The maximum atomic E-state index is 5.99. The Morgan fingerprint density at radius 3 is 2.94 bits per heavy atom. The molecule has 0 radical (unpaired) electrons. The summed E-state index contributed by atoms with van der Waals surface area (Å²) < 4.78 is 10.7. The Labute approximate surface area is 94.3 Å². The van der Waals surface area contributed by atoms with Gasteiger partial charge in [-0.05, 0) is 31.6 Å². The minimum absolute atomic E-state index is 0.0641. The Morgan fingerprint density at radius 2 is 2.25 bits per heavy atom. The fraction of sp³-hybridized carbons (Fsp3) is 0.818. The standard InChI is InChI=1S/C11H17N3O2/c12-10(7-3-4-7)11-13-9(14-16-11)6-8-2-1-5-15-8/h7-8,10H,1-6,12H2. The second-order valence-corrected chi connectivity index (χ2v) is 4.75. The molecule has 1 aromatic rings. The third-order valence-corrected chi connectivity index (χ3v) is 3.33. The second-order valence-electron chi connectivity index (χ2n) is 4.75. The van der Waals surface area contributed by atoms with Crippen molar-refractivity contribution in [1.82, 2.24) is 10.1 Å². The van der Waals surface area contributed by atoms with E-state index in [1.807, 2.05) is 0 Å². The van der Waals surface area contributed by atoms with Gasteiger partial charge >= 0.3 is 0 Å². The molecule has 2 aliphatic rings. The number of nitrogens with zero attached hydrogens (tertiary/aromatic N) is 2. The van der Waals surface area contributed by atoms with Crippen molar-refractivity contribution in [1.29, 1.82) is 0 Å². The molecule has 2 atom stereocenters. The number of ether oxygens (including phenoxy) is 1. The predicted molar refractivity (Wildman–Crippen MR) is 56.6 cm³/mol. The molecule has 1 saturated carbocycles. The van der Waals surface area contributed by atoms with Crippen LogP contribution in [-0.4, -0.2) is 22.9 Å². The first-order valence-corrected chi connectivity index (χ1v) is 6.02. The van der Waals surface area contributed by atoms with Gasteiger partial charge in [0.05, 0.1) is 12.1 Å². The Hall–Kier alpha value is -0.940. The van der Waals surface area contributed by atoms with E-state index in [1.165, 1.54) is 12.8 Å². The minimum atomic E-state index is -0.0641. The molecule has 1 aliphatic heterocycles. The van der Waals surface area contributed by atoms with E-state index in [1.54, 1.807) is 0 Å². The van der Waals surface area contributed by atoms with Crippen LogP contribution in [0.5, 0.6) is 0 Å². The summed E-state index contributed by atoms with van der Waals surface area (Å²) in [7, 11) is 0. The lowest BCUT2D eigenvalue weighted by Crippen LogP contribution is -2.13. The summed E-state index contributed by atoms with van der Waals surface area (Å²) in [6.07, 6.45) is 5.62. The van der Waals surface area contributed by atoms with Gasteiger partial charge in [-0.15, -0.1) is 0 Å². The van der Waals surface area contributed by atoms with E-state index in [2.05, 4.69) is 10.1 Å². The highest BCUT2D eigenvalue weighted by Crippen LogP contribution is 2.38. The van der Waals surface area contributed by atoms with Crippen molar-refractivity contribution in [2.24, 2.45) is 11.7 Å². The molecule has 2 unspecified atom stereocenters. The van der Waals surface area contributed by atoms with Crippen LogP contribution in [0.1, 0.15) is 43.4 Å². The van der Waals surface area contributed by atoms with E-state index in [4.69, 9.17) is 15.0 Å². The van der Waals surface area contributed by atoms with Gasteiger partial charge in [0.25, 0.3) is 0 Å². The first kappa shape index (κ1) is 10.2. The van der Waals surface area contributed by atoms with E-state index in [0.29, 0.717) is 11.8 Å². The van der Waals surface area contributed by atoms with Crippen molar-refractivity contribution >= 4 is 0 Å². The van der Waals surface area contributed by atoms with E-state index in [0.717, 1.165) is 31.7 Å². The number of hydrogen-bond donors (Lipinski definition) is 1. The third-order valence-electron chi connectivity index (χ3n) is 3.33. The maximum absolute atomic E-state index is 5.99. The fourth-order valence-corrected chi connectivity index (χ4v) is 2.15. The number of hydrogen-bond acceptors (Lipinski definition) is 5. The first-order chi connectivity index (χ1) is 7.83. The van der Waals surface area contributed by atoms with E-state index >= 15 is 0 Å². The van der Waals surface area contributed by atoms with Gasteiger partial charge in [-0.25, -0.2) is 0 Å². The molecule has 1 aromatic heterocycles. The summed E-state index contributed by atoms with van der Waals surface area (Å²) in [5.74, 6) is 1.88. The fourth-order valence-electron chi connectivity index (χ4n) is 2.15. The maximum Gasteiger partial charge on any atom is 0.243 e. The van der Waals surface area contributed by atoms with E-state index in [9.17, 15) is 0 Å². The average Bonchev–Trinajstić information content (AvgIpc) is 2.82. The number of aromatic nitrogens is 2. The summed E-state index contributed by atoms with van der Waals surface area (Å²) in [6.45, 7) is 0.858. The molecule has 0 bridgehead atoms. The SMILES string of the molecule is NC(c1nc(CC2CCCO2)no1)C1CC1. The highest BCUT2D eigenvalue weighted by Gasteiger charge is 2.33. The van der Waals surface area contributed by atoms with Gasteiger partial charge in [-0.2, -0.15) is 4.98 Å². The molecule has 2 N–H and O–H groups in total. The minimum Gasteiger partial charge on any atom is -0.378 e. The molecule has 1 saturated heterocycles. The van der Waals surface area contributed by atoms with Crippen LogP contribution in [-0.2, 0) is 11.2 Å². The number of nitrogens with two attached hydrogens (primary N) is 1. The Bertz CT molecular complexity index is 356. The predicted octanol–water partition coefficient (Wildman–Crippen LogP) is 1.20. The van der Waals surface area contributed by atoms with Crippen LogP contribution in [0.4, 0.5) is 0 Å². The monoisotopic (exact) mass is 223 g/mol. The van der Waals surface area contributed by atoms with Crippen molar-refractivity contribution in [3.05, 3.63) is 11.7 Å². The lowest BCUT2D eigenvalue weighted by atomic mass is 10.2. The van der Waals surface area contributed by atoms with Gasteiger partial charge in [0.2, 0.25) is 5.89 Å². The van der Waals surface area contributed by atoms with Crippen molar-refractivity contribution in [2.75, 3.05) is 6.61 Å². The summed E-state index contributed by atoms with van der Waals surface area (Å²) in [6, 6.07) is -0.0641. The average molecular weight is 223 g/mol. The van der Waals surface area contributed by atoms with Gasteiger partial charge in [0, 0.05) is 13.0 Å². The number of rotatable bonds is 4. The molecule has 0 spiro atoms. The second kappa shape index (κ2) is 4.14. The van der Waals surface area contributed by atoms with Crippen LogP contribution < -0.4 is 5.73 Å². The Kier molecular flexibility index (Phi) is 2.65. The zero-order valence-corrected chi connectivity index (χ0v) is 9.26. The van der Waals surface area contributed by atoms with Crippen LogP contribution in [0.25, 0.3) is 0 Å².